The van der Waals surface area contributed by atoms with Crippen molar-refractivity contribution >= 4 is 28.7 Å². The van der Waals surface area contributed by atoms with Gasteiger partial charge in [-0.15, -0.1) is 10.2 Å². The molecule has 0 bridgehead atoms. The topological polar surface area (TPSA) is 86.3 Å². The average Bonchev–Trinajstić information content (AvgIpc) is 3.43. The second-order valence-electron chi connectivity index (χ2n) is 11.2. The first kappa shape index (κ1) is 24.9. The summed E-state index contributed by atoms with van der Waals surface area (Å²) in [5.74, 6) is 1.68. The van der Waals surface area contributed by atoms with Crippen LogP contribution in [0.3, 0.4) is 0 Å². The fraction of sp³-hybridized carbons (Fsp3) is 0.429. The van der Waals surface area contributed by atoms with Crippen LogP contribution in [0, 0.1) is 5.82 Å². The number of rotatable bonds is 2. The zero-order valence-electron chi connectivity index (χ0n) is 21.6. The van der Waals surface area contributed by atoms with Gasteiger partial charge in [-0.2, -0.15) is 0 Å². The molecule has 0 radical (unpaired) electrons. The van der Waals surface area contributed by atoms with E-state index in [0.29, 0.717) is 23.0 Å². The number of halogens is 2. The van der Waals surface area contributed by atoms with Gasteiger partial charge in [0.05, 0.1) is 24.5 Å². The van der Waals surface area contributed by atoms with Gasteiger partial charge in [-0.3, -0.25) is 9.47 Å². The normalized spacial score (nSPS) is 19.7. The highest BCUT2D eigenvalue weighted by atomic mass is 35.5. The van der Waals surface area contributed by atoms with Crippen LogP contribution in [0.5, 0.6) is 0 Å². The smallest absolute Gasteiger partial charge is 0.411 e. The molecule has 1 aliphatic heterocycles. The molecule has 10 heteroatoms. The van der Waals surface area contributed by atoms with Crippen LogP contribution in [0.15, 0.2) is 40.9 Å². The van der Waals surface area contributed by atoms with E-state index in [1.54, 1.807) is 11.0 Å². The van der Waals surface area contributed by atoms with Crippen molar-refractivity contribution in [3.63, 3.8) is 0 Å². The van der Waals surface area contributed by atoms with Gasteiger partial charge in [0, 0.05) is 28.3 Å². The molecule has 8 nitrogen and oxygen atoms in total. The van der Waals surface area contributed by atoms with Crippen molar-refractivity contribution in [2.24, 2.45) is 0 Å². The molecule has 0 spiro atoms. The zero-order valence-corrected chi connectivity index (χ0v) is 22.3. The van der Waals surface area contributed by atoms with E-state index in [9.17, 15) is 9.18 Å². The van der Waals surface area contributed by atoms with Crippen LogP contribution >= 0.6 is 11.6 Å². The van der Waals surface area contributed by atoms with Crippen molar-refractivity contribution in [2.45, 2.75) is 77.0 Å². The highest BCUT2D eigenvalue weighted by molar-refractivity contribution is 6.30. The fourth-order valence-corrected chi connectivity index (χ4v) is 5.79. The third-order valence-electron chi connectivity index (χ3n) is 7.32. The summed E-state index contributed by atoms with van der Waals surface area (Å²) >= 11 is 6.36. The molecule has 0 atom stereocenters. The van der Waals surface area contributed by atoms with Gasteiger partial charge in [-0.1, -0.05) is 16.8 Å². The lowest BCUT2D eigenvalue weighted by atomic mass is 9.79. The summed E-state index contributed by atoms with van der Waals surface area (Å²) in [5.41, 5.74) is 2.61. The minimum absolute atomic E-state index is 0.194. The Morgan fingerprint density at radius 3 is 2.58 bits per heavy atom. The number of carbonyl (C=O) groups excluding carboxylic acids is 1. The van der Waals surface area contributed by atoms with Crippen molar-refractivity contribution in [1.29, 1.82) is 0 Å². The Labute approximate surface area is 224 Å². The Morgan fingerprint density at radius 1 is 1.05 bits per heavy atom. The number of carbonyl (C=O) groups is 1. The first-order valence-electron chi connectivity index (χ1n) is 12.9. The zero-order chi connectivity index (χ0) is 26.6. The molecule has 2 aromatic carbocycles. The molecule has 1 amide bonds. The quantitative estimate of drug-likeness (QED) is 0.276. The molecule has 2 aromatic heterocycles. The van der Waals surface area contributed by atoms with E-state index in [1.807, 2.05) is 39.0 Å². The maximum Gasteiger partial charge on any atom is 0.411 e. The van der Waals surface area contributed by atoms with Crippen LogP contribution < -0.4 is 0 Å². The van der Waals surface area contributed by atoms with Gasteiger partial charge in [0.15, 0.2) is 11.4 Å². The predicted molar refractivity (Wildman–Crippen MR) is 140 cm³/mol. The Bertz CT molecular complexity index is 1520. The molecule has 38 heavy (non-hydrogen) atoms. The van der Waals surface area contributed by atoms with Crippen LogP contribution in [0.2, 0.25) is 5.02 Å². The second kappa shape index (κ2) is 9.38. The first-order chi connectivity index (χ1) is 18.2. The van der Waals surface area contributed by atoms with Gasteiger partial charge in [0.25, 0.3) is 0 Å². The van der Waals surface area contributed by atoms with Gasteiger partial charge in [-0.05, 0) is 82.3 Å². The summed E-state index contributed by atoms with van der Waals surface area (Å²) in [6, 6.07) is 10.3. The number of amides is 1. The predicted octanol–water partition coefficient (Wildman–Crippen LogP) is 6.89. The molecule has 3 heterocycles. The summed E-state index contributed by atoms with van der Waals surface area (Å²) < 4.78 is 26.8. The summed E-state index contributed by atoms with van der Waals surface area (Å²) in [7, 11) is 0. The Hall–Kier alpha value is -3.46. The van der Waals surface area contributed by atoms with Crippen molar-refractivity contribution in [3.05, 3.63) is 70.1 Å². The first-order valence-corrected chi connectivity index (χ1v) is 13.3. The van der Waals surface area contributed by atoms with E-state index in [1.165, 1.54) is 12.1 Å². The lowest BCUT2D eigenvalue weighted by Crippen LogP contribution is -2.35. The van der Waals surface area contributed by atoms with Crippen molar-refractivity contribution in [2.75, 3.05) is 0 Å². The number of fused-ring (bicyclic) bond motifs is 4. The summed E-state index contributed by atoms with van der Waals surface area (Å²) in [6.07, 6.45) is 3.21. The lowest BCUT2D eigenvalue weighted by molar-refractivity contribution is 0.0214. The lowest BCUT2D eigenvalue weighted by Gasteiger charge is -2.27. The number of nitrogens with zero attached hydrogens (tertiary/aromatic N) is 5. The van der Waals surface area contributed by atoms with Crippen LogP contribution in [0.1, 0.15) is 81.2 Å². The van der Waals surface area contributed by atoms with Gasteiger partial charge < -0.3 is 9.26 Å². The standard InChI is InChI=1S/C28H29ClFN5O3/c1-28(2,3)37-27(36)34-14-18-12-19(29)8-11-22(18)35-24(15-34)31-32-26(35)17-6-4-16(5-7-17)25-21-10-9-20(30)13-23(21)38-33-25/h8-13,16-17H,4-7,14-15H2,1-3H3. The molecule has 6 rings (SSSR count). The molecular formula is C28H29ClFN5O3. The van der Waals surface area contributed by atoms with E-state index in [2.05, 4.69) is 19.9 Å². The minimum Gasteiger partial charge on any atom is -0.444 e. The number of aromatic nitrogens is 4. The Balaban J connectivity index is 1.28. The molecule has 4 aromatic rings. The van der Waals surface area contributed by atoms with Crippen molar-refractivity contribution in [3.8, 4) is 5.69 Å². The van der Waals surface area contributed by atoms with Crippen LogP contribution in [-0.2, 0) is 17.8 Å². The molecule has 0 N–H and O–H groups in total. The van der Waals surface area contributed by atoms with E-state index in [4.69, 9.17) is 20.9 Å². The third-order valence-corrected chi connectivity index (χ3v) is 7.56. The number of hydrogen-bond acceptors (Lipinski definition) is 6. The van der Waals surface area contributed by atoms with Crippen LogP contribution in [0.25, 0.3) is 16.7 Å². The Morgan fingerprint density at radius 2 is 1.82 bits per heavy atom. The largest absolute Gasteiger partial charge is 0.444 e. The number of benzene rings is 2. The third kappa shape index (κ3) is 4.64. The van der Waals surface area contributed by atoms with Gasteiger partial charge in [0.2, 0.25) is 0 Å². The van der Waals surface area contributed by atoms with E-state index < -0.39 is 11.7 Å². The molecular weight excluding hydrogens is 509 g/mol. The molecule has 2 aliphatic rings. The SMILES string of the molecule is CC(C)(C)OC(=O)N1Cc2cc(Cl)ccc2-n2c(nnc2C2CCC(c3noc4cc(F)ccc34)CC2)C1. The maximum atomic E-state index is 13.6. The summed E-state index contributed by atoms with van der Waals surface area (Å²) in [4.78, 5) is 14.7. The molecule has 198 valence electrons. The molecule has 0 saturated heterocycles. The monoisotopic (exact) mass is 537 g/mol. The molecule has 1 aliphatic carbocycles. The van der Waals surface area contributed by atoms with E-state index in [-0.39, 0.29) is 24.2 Å². The average molecular weight is 538 g/mol. The van der Waals surface area contributed by atoms with Gasteiger partial charge in [-0.25, -0.2) is 9.18 Å². The Kier molecular flexibility index (Phi) is 6.13. The van der Waals surface area contributed by atoms with Crippen LogP contribution in [0.4, 0.5) is 9.18 Å². The van der Waals surface area contributed by atoms with Crippen LogP contribution in [-0.4, -0.2) is 36.5 Å². The highest BCUT2D eigenvalue weighted by Crippen LogP contribution is 2.43. The summed E-state index contributed by atoms with van der Waals surface area (Å²) in [6.45, 7) is 6.20. The van der Waals surface area contributed by atoms with E-state index >= 15 is 0 Å². The molecule has 1 fully saturated rings. The molecule has 1 saturated carbocycles. The van der Waals surface area contributed by atoms with Gasteiger partial charge in [0.1, 0.15) is 17.2 Å². The number of hydrogen-bond donors (Lipinski definition) is 0. The fourth-order valence-electron chi connectivity index (χ4n) is 5.60. The highest BCUT2D eigenvalue weighted by Gasteiger charge is 2.34. The summed E-state index contributed by atoms with van der Waals surface area (Å²) in [5, 5.41) is 14.9. The minimum atomic E-state index is -0.610. The maximum absolute atomic E-state index is 13.6. The van der Waals surface area contributed by atoms with Crippen molar-refractivity contribution in [1.82, 2.24) is 24.8 Å². The van der Waals surface area contributed by atoms with Crippen molar-refractivity contribution < 1.29 is 18.4 Å². The second-order valence-corrected chi connectivity index (χ2v) is 11.6. The van der Waals surface area contributed by atoms with E-state index in [0.717, 1.165) is 53.8 Å². The van der Waals surface area contributed by atoms with Gasteiger partial charge >= 0.3 is 6.09 Å². The number of ether oxygens (including phenoxy) is 1. The molecule has 0 unspecified atom stereocenters.